The fraction of sp³-hybridized carbons (Fsp3) is 0.471. The van der Waals surface area contributed by atoms with Gasteiger partial charge in [0.2, 0.25) is 5.91 Å². The minimum atomic E-state index is -0.00743. The molecule has 1 fully saturated rings. The predicted molar refractivity (Wildman–Crippen MR) is 84.1 cm³/mol. The van der Waals surface area contributed by atoms with E-state index in [4.69, 9.17) is 5.73 Å². The molecule has 2 atom stereocenters. The fourth-order valence-corrected chi connectivity index (χ4v) is 2.72. The minimum absolute atomic E-state index is 0.00743. The highest BCUT2D eigenvalue weighted by Gasteiger charge is 2.16. The number of rotatable bonds is 3. The van der Waals surface area contributed by atoms with Crippen molar-refractivity contribution >= 4 is 17.7 Å². The van der Waals surface area contributed by atoms with Crippen LogP contribution < -0.4 is 11.1 Å². The first kappa shape index (κ1) is 14.6. The molecule has 0 radical (unpaired) electrons. The van der Waals surface area contributed by atoms with Crippen molar-refractivity contribution in [2.45, 2.75) is 45.1 Å². The summed E-state index contributed by atoms with van der Waals surface area (Å²) < 4.78 is 0. The van der Waals surface area contributed by atoms with Gasteiger partial charge in [0.1, 0.15) is 0 Å². The first-order chi connectivity index (χ1) is 9.63. The Kier molecular flexibility index (Phi) is 5.22. The first-order valence-corrected chi connectivity index (χ1v) is 7.47. The van der Waals surface area contributed by atoms with Gasteiger partial charge in [0, 0.05) is 17.8 Å². The van der Waals surface area contributed by atoms with Crippen LogP contribution in [-0.2, 0) is 4.79 Å². The maximum Gasteiger partial charge on any atom is 0.244 e. The van der Waals surface area contributed by atoms with Crippen LogP contribution in [-0.4, -0.2) is 11.9 Å². The summed E-state index contributed by atoms with van der Waals surface area (Å²) >= 11 is 0. The number of nitrogens with one attached hydrogen (secondary N) is 1. The highest BCUT2D eigenvalue weighted by Crippen LogP contribution is 2.22. The predicted octanol–water partition coefficient (Wildman–Crippen LogP) is 3.37. The van der Waals surface area contributed by atoms with Gasteiger partial charge >= 0.3 is 0 Å². The van der Waals surface area contributed by atoms with E-state index in [1.54, 1.807) is 6.08 Å². The monoisotopic (exact) mass is 272 g/mol. The lowest BCUT2D eigenvalue weighted by Gasteiger charge is -2.14. The van der Waals surface area contributed by atoms with Gasteiger partial charge < -0.3 is 11.1 Å². The smallest absolute Gasteiger partial charge is 0.244 e. The Morgan fingerprint density at radius 1 is 1.30 bits per heavy atom. The van der Waals surface area contributed by atoms with Crippen molar-refractivity contribution in [3.8, 4) is 0 Å². The number of carbonyl (C=O) groups is 1. The Hall–Kier alpha value is -1.77. The van der Waals surface area contributed by atoms with Crippen molar-refractivity contribution in [2.75, 3.05) is 5.73 Å². The third kappa shape index (κ3) is 4.72. The van der Waals surface area contributed by atoms with Crippen molar-refractivity contribution in [3.05, 3.63) is 35.9 Å². The maximum atomic E-state index is 11.9. The summed E-state index contributed by atoms with van der Waals surface area (Å²) in [5.41, 5.74) is 7.38. The van der Waals surface area contributed by atoms with Gasteiger partial charge in [-0.05, 0) is 49.0 Å². The molecular formula is C17H24N2O. The van der Waals surface area contributed by atoms with E-state index in [0.717, 1.165) is 24.3 Å². The van der Waals surface area contributed by atoms with E-state index >= 15 is 0 Å². The van der Waals surface area contributed by atoms with Crippen molar-refractivity contribution in [1.29, 1.82) is 0 Å². The first-order valence-electron chi connectivity index (χ1n) is 7.47. The summed E-state index contributed by atoms with van der Waals surface area (Å²) in [6.45, 7) is 2.30. The molecule has 0 spiro atoms. The highest BCUT2D eigenvalue weighted by molar-refractivity contribution is 5.92. The van der Waals surface area contributed by atoms with Crippen molar-refractivity contribution in [3.63, 3.8) is 0 Å². The molecule has 2 rings (SSSR count). The molecule has 0 bridgehead atoms. The molecule has 1 saturated carbocycles. The van der Waals surface area contributed by atoms with Crippen molar-refractivity contribution < 1.29 is 4.79 Å². The molecule has 1 aromatic carbocycles. The minimum Gasteiger partial charge on any atom is -0.399 e. The number of anilines is 1. The molecule has 2 unspecified atom stereocenters. The van der Waals surface area contributed by atoms with Gasteiger partial charge in [-0.15, -0.1) is 0 Å². The normalized spacial score (nSPS) is 23.4. The second-order valence-corrected chi connectivity index (χ2v) is 5.82. The lowest BCUT2D eigenvalue weighted by molar-refractivity contribution is -0.117. The van der Waals surface area contributed by atoms with Gasteiger partial charge in [0.15, 0.2) is 0 Å². The molecule has 0 saturated heterocycles. The Bertz CT molecular complexity index is 482. The van der Waals surface area contributed by atoms with Crippen LogP contribution in [0, 0.1) is 5.92 Å². The van der Waals surface area contributed by atoms with Crippen LogP contribution in [0.3, 0.4) is 0 Å². The van der Waals surface area contributed by atoms with Gasteiger partial charge in [-0.1, -0.05) is 31.9 Å². The summed E-state index contributed by atoms with van der Waals surface area (Å²) in [7, 11) is 0. The molecule has 3 N–H and O–H groups in total. The summed E-state index contributed by atoms with van der Waals surface area (Å²) in [5.74, 6) is 0.784. The lowest BCUT2D eigenvalue weighted by Crippen LogP contribution is -2.33. The number of benzene rings is 1. The summed E-state index contributed by atoms with van der Waals surface area (Å²) in [4.78, 5) is 11.9. The van der Waals surface area contributed by atoms with Crippen LogP contribution in [0.4, 0.5) is 5.69 Å². The Morgan fingerprint density at radius 3 is 2.95 bits per heavy atom. The van der Waals surface area contributed by atoms with E-state index in [9.17, 15) is 4.79 Å². The Morgan fingerprint density at radius 2 is 2.15 bits per heavy atom. The SMILES string of the molecule is CC1CCCC(NC(=O)/C=C/c2cccc(N)c2)CC1. The average molecular weight is 272 g/mol. The maximum absolute atomic E-state index is 11.9. The second-order valence-electron chi connectivity index (χ2n) is 5.82. The number of carbonyl (C=O) groups excluding carboxylic acids is 1. The van der Waals surface area contributed by atoms with Gasteiger partial charge in [-0.3, -0.25) is 4.79 Å². The van der Waals surface area contributed by atoms with Crippen LogP contribution in [0.15, 0.2) is 30.3 Å². The van der Waals surface area contributed by atoms with Crippen LogP contribution in [0.1, 0.15) is 44.6 Å². The molecule has 1 aliphatic carbocycles. The molecule has 3 heteroatoms. The Labute approximate surface area is 121 Å². The van der Waals surface area contributed by atoms with Crippen LogP contribution >= 0.6 is 0 Å². The second kappa shape index (κ2) is 7.13. The largest absolute Gasteiger partial charge is 0.399 e. The van der Waals surface area contributed by atoms with E-state index < -0.39 is 0 Å². The van der Waals surface area contributed by atoms with Gasteiger partial charge in [0.25, 0.3) is 0 Å². The summed E-state index contributed by atoms with van der Waals surface area (Å²) in [6.07, 6.45) is 9.32. The highest BCUT2D eigenvalue weighted by atomic mass is 16.1. The Balaban J connectivity index is 1.85. The fourth-order valence-electron chi connectivity index (χ4n) is 2.72. The molecule has 1 aliphatic rings. The zero-order chi connectivity index (χ0) is 14.4. The molecule has 108 valence electrons. The van der Waals surface area contributed by atoms with Crippen LogP contribution in [0.25, 0.3) is 6.08 Å². The molecule has 1 aromatic rings. The number of hydrogen-bond donors (Lipinski definition) is 2. The van der Waals surface area contributed by atoms with E-state index in [1.165, 1.54) is 19.3 Å². The van der Waals surface area contributed by atoms with Crippen LogP contribution in [0.5, 0.6) is 0 Å². The van der Waals surface area contributed by atoms with E-state index in [1.807, 2.05) is 30.3 Å². The molecule has 3 nitrogen and oxygen atoms in total. The lowest BCUT2D eigenvalue weighted by atomic mass is 10.0. The molecule has 0 heterocycles. The summed E-state index contributed by atoms with van der Waals surface area (Å²) in [5, 5.41) is 3.11. The molecule has 0 aromatic heterocycles. The van der Waals surface area contributed by atoms with Gasteiger partial charge in [-0.25, -0.2) is 0 Å². The number of nitrogens with two attached hydrogens (primary N) is 1. The zero-order valence-corrected chi connectivity index (χ0v) is 12.1. The molecule has 20 heavy (non-hydrogen) atoms. The van der Waals surface area contributed by atoms with Gasteiger partial charge in [-0.2, -0.15) is 0 Å². The standard InChI is InChI=1S/C17H24N2O/c1-13-4-2-7-16(10-8-13)19-17(20)11-9-14-5-3-6-15(18)12-14/h3,5-6,9,11-13,16H,2,4,7-8,10,18H2,1H3,(H,19,20)/b11-9+. The van der Waals surface area contributed by atoms with Crippen molar-refractivity contribution in [1.82, 2.24) is 5.32 Å². The van der Waals surface area contributed by atoms with E-state index in [-0.39, 0.29) is 5.91 Å². The number of hydrogen-bond acceptors (Lipinski definition) is 2. The summed E-state index contributed by atoms with van der Waals surface area (Å²) in [6, 6.07) is 7.85. The average Bonchev–Trinajstić information content (AvgIpc) is 2.62. The third-order valence-corrected chi connectivity index (χ3v) is 3.94. The number of amides is 1. The molecular weight excluding hydrogens is 248 g/mol. The third-order valence-electron chi connectivity index (χ3n) is 3.94. The van der Waals surface area contributed by atoms with Gasteiger partial charge in [0.05, 0.1) is 0 Å². The van der Waals surface area contributed by atoms with E-state index in [2.05, 4.69) is 12.2 Å². The van der Waals surface area contributed by atoms with E-state index in [0.29, 0.717) is 11.7 Å². The molecule has 0 aliphatic heterocycles. The topological polar surface area (TPSA) is 55.1 Å². The number of nitrogen functional groups attached to an aromatic ring is 1. The molecule has 1 amide bonds. The van der Waals surface area contributed by atoms with Crippen LogP contribution in [0.2, 0.25) is 0 Å². The quantitative estimate of drug-likeness (QED) is 0.503. The zero-order valence-electron chi connectivity index (χ0n) is 12.1. The van der Waals surface area contributed by atoms with Crippen molar-refractivity contribution in [2.24, 2.45) is 5.92 Å².